The van der Waals surface area contributed by atoms with E-state index >= 15 is 0 Å². The zero-order valence-corrected chi connectivity index (χ0v) is 11.3. The summed E-state index contributed by atoms with van der Waals surface area (Å²) in [4.78, 5) is 0. The van der Waals surface area contributed by atoms with Gasteiger partial charge in [0.05, 0.1) is 17.8 Å². The molecule has 0 aliphatic heterocycles. The number of aryl methyl sites for hydroxylation is 1. The smallest absolute Gasteiger partial charge is 0.167 e. The topological polar surface area (TPSA) is 44.5 Å². The first-order chi connectivity index (χ1) is 9.01. The van der Waals surface area contributed by atoms with Crippen LogP contribution in [0.25, 0.3) is 0 Å². The van der Waals surface area contributed by atoms with Crippen LogP contribution < -0.4 is 15.2 Å². The van der Waals surface area contributed by atoms with E-state index in [2.05, 4.69) is 0 Å². The van der Waals surface area contributed by atoms with Crippen LogP contribution in [0.5, 0.6) is 17.2 Å². The molecule has 0 heterocycles. The molecule has 0 radical (unpaired) electrons. The number of benzene rings is 2. The molecule has 0 amide bonds. The van der Waals surface area contributed by atoms with Gasteiger partial charge in [0.2, 0.25) is 0 Å². The minimum Gasteiger partial charge on any atom is -0.494 e. The molecule has 100 valence electrons. The molecule has 0 saturated heterocycles. The molecular weight excluding hydrogens is 269 g/mol. The van der Waals surface area contributed by atoms with Crippen molar-refractivity contribution in [3.8, 4) is 17.2 Å². The number of nitrogens with two attached hydrogens (primary N) is 1. The van der Waals surface area contributed by atoms with Gasteiger partial charge in [-0.25, -0.2) is 4.39 Å². The molecule has 0 bridgehead atoms. The molecule has 3 nitrogen and oxygen atoms in total. The van der Waals surface area contributed by atoms with Gasteiger partial charge in [-0.15, -0.1) is 0 Å². The lowest BCUT2D eigenvalue weighted by Crippen LogP contribution is -1.96. The Balaban J connectivity index is 2.37. The largest absolute Gasteiger partial charge is 0.494 e. The van der Waals surface area contributed by atoms with Gasteiger partial charge in [-0.2, -0.15) is 0 Å². The molecule has 0 aliphatic carbocycles. The first kappa shape index (κ1) is 13.5. The minimum atomic E-state index is -0.539. The second-order valence-electron chi connectivity index (χ2n) is 4.06. The number of anilines is 1. The summed E-state index contributed by atoms with van der Waals surface area (Å²) in [7, 11) is 1.37. The highest BCUT2D eigenvalue weighted by atomic mass is 35.5. The van der Waals surface area contributed by atoms with Crippen LogP contribution >= 0.6 is 11.6 Å². The lowest BCUT2D eigenvalue weighted by atomic mass is 10.2. The first-order valence-electron chi connectivity index (χ1n) is 5.58. The molecular formula is C14H13ClFNO2. The number of rotatable bonds is 3. The maximum absolute atomic E-state index is 13.4. The van der Waals surface area contributed by atoms with Crippen molar-refractivity contribution in [2.75, 3.05) is 12.8 Å². The Kier molecular flexibility index (Phi) is 3.81. The summed E-state index contributed by atoms with van der Waals surface area (Å²) in [5.41, 5.74) is 6.90. The van der Waals surface area contributed by atoms with E-state index in [9.17, 15) is 4.39 Å². The molecule has 0 aliphatic rings. The number of hydrogen-bond acceptors (Lipinski definition) is 3. The van der Waals surface area contributed by atoms with E-state index in [4.69, 9.17) is 26.8 Å². The second kappa shape index (κ2) is 5.36. The summed E-state index contributed by atoms with van der Waals surface area (Å²) in [5, 5.41) is 0.461. The van der Waals surface area contributed by atoms with Gasteiger partial charge in [0.25, 0.3) is 0 Å². The van der Waals surface area contributed by atoms with Crippen molar-refractivity contribution in [3.05, 3.63) is 46.7 Å². The van der Waals surface area contributed by atoms with E-state index in [1.165, 1.54) is 13.2 Å². The summed E-state index contributed by atoms with van der Waals surface area (Å²) >= 11 is 6.07. The van der Waals surface area contributed by atoms with Crippen LogP contribution in [0.4, 0.5) is 10.1 Å². The third-order valence-corrected chi connectivity index (χ3v) is 2.89. The number of hydrogen-bond donors (Lipinski definition) is 1. The van der Waals surface area contributed by atoms with Crippen molar-refractivity contribution in [2.24, 2.45) is 0 Å². The van der Waals surface area contributed by atoms with Crippen LogP contribution in [0.15, 0.2) is 30.3 Å². The second-order valence-corrected chi connectivity index (χ2v) is 4.47. The fourth-order valence-corrected chi connectivity index (χ4v) is 1.88. The lowest BCUT2D eigenvalue weighted by molar-refractivity contribution is 0.382. The molecule has 19 heavy (non-hydrogen) atoms. The Morgan fingerprint density at radius 2 is 1.84 bits per heavy atom. The average Bonchev–Trinajstić information content (AvgIpc) is 2.35. The van der Waals surface area contributed by atoms with E-state index in [0.29, 0.717) is 16.5 Å². The number of ether oxygens (including phenoxy) is 2. The zero-order chi connectivity index (χ0) is 14.0. The molecule has 2 aromatic carbocycles. The van der Waals surface area contributed by atoms with Crippen LogP contribution in [-0.2, 0) is 0 Å². The average molecular weight is 282 g/mol. The third kappa shape index (κ3) is 2.90. The van der Waals surface area contributed by atoms with Crippen molar-refractivity contribution in [3.63, 3.8) is 0 Å². The molecule has 2 aromatic rings. The van der Waals surface area contributed by atoms with Crippen LogP contribution in [0, 0.1) is 12.7 Å². The van der Waals surface area contributed by atoms with Crippen molar-refractivity contribution < 1.29 is 13.9 Å². The fraction of sp³-hybridized carbons (Fsp3) is 0.143. The van der Waals surface area contributed by atoms with Gasteiger partial charge in [0.15, 0.2) is 17.3 Å². The molecule has 0 saturated carbocycles. The number of halogens is 2. The van der Waals surface area contributed by atoms with Crippen LogP contribution in [-0.4, -0.2) is 7.11 Å². The van der Waals surface area contributed by atoms with Crippen LogP contribution in [0.2, 0.25) is 5.02 Å². The fourth-order valence-electron chi connectivity index (χ4n) is 1.60. The van der Waals surface area contributed by atoms with Gasteiger partial charge < -0.3 is 15.2 Å². The normalized spacial score (nSPS) is 10.3. The summed E-state index contributed by atoms with van der Waals surface area (Å²) in [6, 6.07) is 7.90. The van der Waals surface area contributed by atoms with Gasteiger partial charge in [-0.3, -0.25) is 0 Å². The van der Waals surface area contributed by atoms with Gasteiger partial charge in [-0.1, -0.05) is 17.7 Å². The maximum atomic E-state index is 13.4. The highest BCUT2D eigenvalue weighted by molar-refractivity contribution is 6.32. The van der Waals surface area contributed by atoms with E-state index in [1.807, 2.05) is 13.0 Å². The quantitative estimate of drug-likeness (QED) is 0.859. The van der Waals surface area contributed by atoms with E-state index < -0.39 is 5.82 Å². The first-order valence-corrected chi connectivity index (χ1v) is 5.96. The van der Waals surface area contributed by atoms with Crippen LogP contribution in [0.1, 0.15) is 5.56 Å². The summed E-state index contributed by atoms with van der Waals surface area (Å²) in [5.74, 6) is 0.270. The Labute approximate surface area is 115 Å². The molecule has 2 rings (SSSR count). The number of methoxy groups -OCH3 is 1. The Morgan fingerprint density at radius 3 is 2.47 bits per heavy atom. The molecule has 0 fully saturated rings. The molecule has 0 aromatic heterocycles. The van der Waals surface area contributed by atoms with Crippen molar-refractivity contribution >= 4 is 17.3 Å². The van der Waals surface area contributed by atoms with Crippen molar-refractivity contribution in [1.29, 1.82) is 0 Å². The monoisotopic (exact) mass is 281 g/mol. The Morgan fingerprint density at radius 1 is 1.11 bits per heavy atom. The maximum Gasteiger partial charge on any atom is 0.167 e. The highest BCUT2D eigenvalue weighted by Crippen LogP contribution is 2.36. The van der Waals surface area contributed by atoms with Gasteiger partial charge >= 0.3 is 0 Å². The highest BCUT2D eigenvalue weighted by Gasteiger charge is 2.11. The summed E-state index contributed by atoms with van der Waals surface area (Å²) < 4.78 is 23.9. The van der Waals surface area contributed by atoms with Gasteiger partial charge in [0, 0.05) is 12.1 Å². The molecule has 5 heteroatoms. The zero-order valence-electron chi connectivity index (χ0n) is 10.5. The molecule has 0 spiro atoms. The van der Waals surface area contributed by atoms with Crippen molar-refractivity contribution in [2.45, 2.75) is 6.92 Å². The van der Waals surface area contributed by atoms with E-state index in [0.717, 1.165) is 11.6 Å². The van der Waals surface area contributed by atoms with Crippen LogP contribution in [0.3, 0.4) is 0 Å². The van der Waals surface area contributed by atoms with Gasteiger partial charge in [0.1, 0.15) is 5.75 Å². The standard InChI is InChI=1S/C14H13ClFNO2/c1-8-3-4-12(9(15)5-8)19-14-7-13(18-2)10(16)6-11(14)17/h3-7H,17H2,1-2H3. The third-order valence-electron chi connectivity index (χ3n) is 2.59. The minimum absolute atomic E-state index is 0.0624. The Bertz CT molecular complexity index is 617. The predicted octanol–water partition coefficient (Wildman–Crippen LogP) is 4.17. The van der Waals surface area contributed by atoms with E-state index in [-0.39, 0.29) is 11.4 Å². The Hall–Kier alpha value is -1.94. The number of nitrogen functional groups attached to an aromatic ring is 1. The summed E-state index contributed by atoms with van der Waals surface area (Å²) in [6.45, 7) is 1.92. The molecule has 2 N–H and O–H groups in total. The molecule has 0 atom stereocenters. The SMILES string of the molecule is COc1cc(Oc2ccc(C)cc2Cl)c(N)cc1F. The predicted molar refractivity (Wildman–Crippen MR) is 73.6 cm³/mol. The molecule has 0 unspecified atom stereocenters. The van der Waals surface area contributed by atoms with E-state index in [1.54, 1.807) is 12.1 Å². The lowest BCUT2D eigenvalue weighted by Gasteiger charge is -2.12. The van der Waals surface area contributed by atoms with Gasteiger partial charge in [-0.05, 0) is 24.6 Å². The summed E-state index contributed by atoms with van der Waals surface area (Å²) in [6.07, 6.45) is 0. The van der Waals surface area contributed by atoms with Crippen molar-refractivity contribution in [1.82, 2.24) is 0 Å².